The smallest absolute Gasteiger partial charge is 0.296 e. The van der Waals surface area contributed by atoms with E-state index in [1.54, 1.807) is 6.07 Å². The Morgan fingerprint density at radius 1 is 1.21 bits per heavy atom. The van der Waals surface area contributed by atoms with E-state index in [-0.39, 0.29) is 12.2 Å². The molecule has 1 aromatic carbocycles. The zero-order valence-electron chi connectivity index (χ0n) is 11.9. The maximum absolute atomic E-state index is 12.6. The third kappa shape index (κ3) is 3.48. The van der Waals surface area contributed by atoms with Gasteiger partial charge in [-0.3, -0.25) is 14.5 Å². The number of hydrogen-bond donors (Lipinski definition) is 1. The van der Waals surface area contributed by atoms with Crippen molar-refractivity contribution in [3.63, 3.8) is 0 Å². The Balaban J connectivity index is 1.94. The van der Waals surface area contributed by atoms with Crippen molar-refractivity contribution in [2.75, 3.05) is 0 Å². The van der Waals surface area contributed by atoms with Crippen LogP contribution in [0.2, 0.25) is 5.02 Å². The van der Waals surface area contributed by atoms with Gasteiger partial charge in [0, 0.05) is 18.2 Å². The lowest BCUT2D eigenvalue weighted by Gasteiger charge is -2.09. The first kappa shape index (κ1) is 16.3. The number of benzene rings is 1. The van der Waals surface area contributed by atoms with E-state index in [9.17, 15) is 18.0 Å². The number of alkyl halides is 3. The topological polar surface area (TPSA) is 71.8 Å². The average Bonchev–Trinajstić information content (AvgIpc) is 2.95. The highest BCUT2D eigenvalue weighted by atomic mass is 35.5. The van der Waals surface area contributed by atoms with Crippen LogP contribution in [0.15, 0.2) is 45.8 Å². The lowest BCUT2D eigenvalue weighted by molar-refractivity contribution is -0.137. The summed E-state index contributed by atoms with van der Waals surface area (Å²) in [6.07, 6.45) is -2.75. The standard InChI is InChI=1S/C15H9ClF3N3O2/c16-10-6-11(13-21-14(23)24-22-13)12(20-7-10)5-8-1-3-9(4-2-8)15(17,18)19/h1-4,6-7H,5H2,(H,21,22,23). The Labute approximate surface area is 138 Å². The van der Waals surface area contributed by atoms with E-state index in [4.69, 9.17) is 11.6 Å². The lowest BCUT2D eigenvalue weighted by atomic mass is 10.0. The van der Waals surface area contributed by atoms with E-state index in [1.165, 1.54) is 18.3 Å². The average molecular weight is 356 g/mol. The van der Waals surface area contributed by atoms with Gasteiger partial charge in [-0.15, -0.1) is 0 Å². The highest BCUT2D eigenvalue weighted by Gasteiger charge is 2.29. The summed E-state index contributed by atoms with van der Waals surface area (Å²) in [7, 11) is 0. The minimum absolute atomic E-state index is 0.150. The van der Waals surface area contributed by atoms with Crippen LogP contribution in [-0.4, -0.2) is 15.1 Å². The number of aromatic nitrogens is 3. The maximum atomic E-state index is 12.6. The Bertz CT molecular complexity index is 917. The van der Waals surface area contributed by atoms with Crippen LogP contribution in [0, 0.1) is 0 Å². The molecule has 0 spiro atoms. The van der Waals surface area contributed by atoms with Gasteiger partial charge in [0.15, 0.2) is 5.82 Å². The van der Waals surface area contributed by atoms with Crippen LogP contribution >= 0.6 is 11.6 Å². The van der Waals surface area contributed by atoms with Crippen LogP contribution in [0.5, 0.6) is 0 Å². The number of hydrogen-bond acceptors (Lipinski definition) is 4. The molecule has 0 unspecified atom stereocenters. The van der Waals surface area contributed by atoms with E-state index in [1.807, 2.05) is 0 Å². The molecule has 0 bridgehead atoms. The number of halogens is 4. The molecule has 2 heterocycles. The Kier molecular flexibility index (Phi) is 4.15. The molecule has 0 fully saturated rings. The van der Waals surface area contributed by atoms with E-state index in [2.05, 4.69) is 19.6 Å². The monoisotopic (exact) mass is 355 g/mol. The summed E-state index contributed by atoms with van der Waals surface area (Å²) in [5.41, 5.74) is 0.818. The second-order valence-electron chi connectivity index (χ2n) is 4.96. The van der Waals surface area contributed by atoms with Gasteiger partial charge in [-0.25, -0.2) is 4.79 Å². The van der Waals surface area contributed by atoms with E-state index in [0.717, 1.165) is 12.1 Å². The predicted molar refractivity (Wildman–Crippen MR) is 79.6 cm³/mol. The summed E-state index contributed by atoms with van der Waals surface area (Å²) in [6, 6.07) is 6.29. The molecule has 3 aromatic rings. The number of aromatic amines is 1. The van der Waals surface area contributed by atoms with Gasteiger partial charge >= 0.3 is 11.9 Å². The second-order valence-corrected chi connectivity index (χ2v) is 5.40. The molecule has 0 amide bonds. The predicted octanol–water partition coefficient (Wildman–Crippen LogP) is 3.69. The van der Waals surface area contributed by atoms with Crippen LogP contribution in [-0.2, 0) is 12.6 Å². The number of nitrogens with one attached hydrogen (secondary N) is 1. The maximum Gasteiger partial charge on any atom is 0.439 e. The number of nitrogens with zero attached hydrogens (tertiary/aromatic N) is 2. The molecule has 3 rings (SSSR count). The first-order valence-electron chi connectivity index (χ1n) is 6.70. The first-order chi connectivity index (χ1) is 11.3. The molecule has 0 radical (unpaired) electrons. The molecule has 5 nitrogen and oxygen atoms in total. The van der Waals surface area contributed by atoms with Crippen LogP contribution < -0.4 is 5.76 Å². The normalized spacial score (nSPS) is 11.7. The van der Waals surface area contributed by atoms with Crippen molar-refractivity contribution >= 4 is 11.6 Å². The van der Waals surface area contributed by atoms with Gasteiger partial charge in [0.2, 0.25) is 0 Å². The van der Waals surface area contributed by atoms with E-state index < -0.39 is 17.5 Å². The lowest BCUT2D eigenvalue weighted by Crippen LogP contribution is -2.05. The molecular weight excluding hydrogens is 347 g/mol. The molecule has 9 heteroatoms. The Morgan fingerprint density at radius 3 is 2.50 bits per heavy atom. The summed E-state index contributed by atoms with van der Waals surface area (Å²) in [5.74, 6) is -0.581. The number of pyridine rings is 1. The Morgan fingerprint density at radius 2 is 1.92 bits per heavy atom. The molecule has 2 aromatic heterocycles. The fourth-order valence-electron chi connectivity index (χ4n) is 2.16. The first-order valence-corrected chi connectivity index (χ1v) is 7.07. The van der Waals surface area contributed by atoms with Crippen molar-refractivity contribution in [2.45, 2.75) is 12.6 Å². The summed E-state index contributed by atoms with van der Waals surface area (Å²) >= 11 is 5.91. The highest BCUT2D eigenvalue weighted by molar-refractivity contribution is 6.30. The van der Waals surface area contributed by atoms with Gasteiger partial charge in [0.1, 0.15) is 0 Å². The minimum atomic E-state index is -4.39. The number of rotatable bonds is 3. The van der Waals surface area contributed by atoms with Crippen molar-refractivity contribution in [1.29, 1.82) is 0 Å². The van der Waals surface area contributed by atoms with Gasteiger partial charge < -0.3 is 0 Å². The van der Waals surface area contributed by atoms with Crippen LogP contribution in [0.3, 0.4) is 0 Å². The molecule has 0 aliphatic rings. The van der Waals surface area contributed by atoms with Crippen molar-refractivity contribution in [3.05, 3.63) is 68.9 Å². The molecule has 0 aliphatic carbocycles. The van der Waals surface area contributed by atoms with Gasteiger partial charge in [-0.1, -0.05) is 28.9 Å². The van der Waals surface area contributed by atoms with Gasteiger partial charge in [0.05, 0.1) is 16.3 Å². The summed E-state index contributed by atoms with van der Waals surface area (Å²) < 4.78 is 42.3. The summed E-state index contributed by atoms with van der Waals surface area (Å²) in [5, 5.41) is 3.91. The summed E-state index contributed by atoms with van der Waals surface area (Å²) in [6.45, 7) is 0. The molecular formula is C15H9ClF3N3O2. The van der Waals surface area contributed by atoms with Crippen molar-refractivity contribution in [2.24, 2.45) is 0 Å². The van der Waals surface area contributed by atoms with Crippen molar-refractivity contribution in [3.8, 4) is 11.4 Å². The zero-order chi connectivity index (χ0) is 17.3. The fraction of sp³-hybridized carbons (Fsp3) is 0.133. The Hall–Kier alpha value is -2.61. The third-order valence-corrected chi connectivity index (χ3v) is 3.49. The molecule has 0 atom stereocenters. The number of H-pyrrole nitrogens is 1. The fourth-order valence-corrected chi connectivity index (χ4v) is 2.32. The molecule has 0 saturated heterocycles. The zero-order valence-corrected chi connectivity index (χ0v) is 12.6. The minimum Gasteiger partial charge on any atom is -0.296 e. The van der Waals surface area contributed by atoms with Gasteiger partial charge in [0.25, 0.3) is 0 Å². The summed E-state index contributed by atoms with van der Waals surface area (Å²) in [4.78, 5) is 17.7. The SMILES string of the molecule is O=c1[nH]c(-c2cc(Cl)cnc2Cc2ccc(C(F)(F)F)cc2)no1. The molecule has 1 N–H and O–H groups in total. The highest BCUT2D eigenvalue weighted by Crippen LogP contribution is 2.30. The van der Waals surface area contributed by atoms with E-state index >= 15 is 0 Å². The largest absolute Gasteiger partial charge is 0.439 e. The van der Waals surface area contributed by atoms with Gasteiger partial charge in [-0.2, -0.15) is 13.2 Å². The van der Waals surface area contributed by atoms with Crippen LogP contribution in [0.4, 0.5) is 13.2 Å². The molecule has 0 aliphatic heterocycles. The molecule has 124 valence electrons. The van der Waals surface area contributed by atoms with Crippen molar-refractivity contribution < 1.29 is 17.7 Å². The van der Waals surface area contributed by atoms with Crippen molar-refractivity contribution in [1.82, 2.24) is 15.1 Å². The quantitative estimate of drug-likeness (QED) is 0.777. The van der Waals surface area contributed by atoms with E-state index in [0.29, 0.717) is 21.8 Å². The molecule has 0 saturated carbocycles. The van der Waals surface area contributed by atoms with Gasteiger partial charge in [-0.05, 0) is 23.8 Å². The second kappa shape index (κ2) is 6.12. The van der Waals surface area contributed by atoms with Crippen LogP contribution in [0.1, 0.15) is 16.8 Å². The molecule has 24 heavy (non-hydrogen) atoms. The van der Waals surface area contributed by atoms with Crippen LogP contribution in [0.25, 0.3) is 11.4 Å². The third-order valence-electron chi connectivity index (χ3n) is 3.29.